The molecule has 1 saturated heterocycles. The van der Waals surface area contributed by atoms with E-state index in [0.717, 1.165) is 39.0 Å². The molecule has 1 aliphatic heterocycles. The average Bonchev–Trinajstić information content (AvgIpc) is 3.28. The maximum atomic E-state index is 11.1. The fourth-order valence-corrected chi connectivity index (χ4v) is 3.55. The van der Waals surface area contributed by atoms with Crippen LogP contribution in [-0.2, 0) is 0 Å². The van der Waals surface area contributed by atoms with E-state index in [1.165, 1.54) is 6.07 Å². The molecule has 114 valence electrons. The average molecular weight is 356 g/mol. The van der Waals surface area contributed by atoms with Gasteiger partial charge in [-0.15, -0.1) is 0 Å². The molecule has 0 radical (unpaired) electrons. The molecule has 1 aromatic rings. The van der Waals surface area contributed by atoms with Crippen molar-refractivity contribution >= 4 is 21.6 Å². The highest BCUT2D eigenvalue weighted by molar-refractivity contribution is 9.10. The molecule has 3 rings (SSSR count). The van der Waals surface area contributed by atoms with Crippen LogP contribution in [0.5, 0.6) is 5.75 Å². The number of hydrogen-bond donors (Lipinski definition) is 2. The van der Waals surface area contributed by atoms with Crippen LogP contribution < -0.4 is 5.32 Å². The second kappa shape index (κ2) is 5.90. The molecule has 1 atom stereocenters. The minimum absolute atomic E-state index is 0.0725. The third-order valence-electron chi connectivity index (χ3n) is 4.21. The van der Waals surface area contributed by atoms with Crippen LogP contribution >= 0.6 is 15.9 Å². The summed E-state index contributed by atoms with van der Waals surface area (Å²) in [6.45, 7) is 3.64. The summed E-state index contributed by atoms with van der Waals surface area (Å²) in [7, 11) is 0. The summed E-state index contributed by atoms with van der Waals surface area (Å²) >= 11 is 3.33. The Balaban J connectivity index is 2.00. The van der Waals surface area contributed by atoms with Gasteiger partial charge in [0.15, 0.2) is 5.75 Å². The molecular formula is C14H18BrN3O3. The van der Waals surface area contributed by atoms with Crippen molar-refractivity contribution in [2.75, 3.05) is 26.2 Å². The molecule has 2 N–H and O–H groups in total. The van der Waals surface area contributed by atoms with Crippen LogP contribution in [0.4, 0.5) is 5.69 Å². The molecule has 0 aromatic heterocycles. The van der Waals surface area contributed by atoms with Crippen molar-refractivity contribution in [3.63, 3.8) is 0 Å². The number of benzene rings is 1. The maximum Gasteiger partial charge on any atom is 0.312 e. The van der Waals surface area contributed by atoms with E-state index in [0.29, 0.717) is 16.0 Å². The van der Waals surface area contributed by atoms with Crippen molar-refractivity contribution in [1.82, 2.24) is 10.2 Å². The molecule has 0 unspecified atom stereocenters. The SMILES string of the molecule is O=[N+]([O-])c1cc(Br)cc([C@@H](C2CC2)N2CCNCC2)c1O. The molecular weight excluding hydrogens is 338 g/mol. The number of rotatable bonds is 4. The van der Waals surface area contributed by atoms with Gasteiger partial charge in [0.25, 0.3) is 0 Å². The van der Waals surface area contributed by atoms with E-state index >= 15 is 0 Å². The standard InChI is InChI=1S/C14H18BrN3O3/c15-10-7-11(14(19)12(8-10)18(20)21)13(9-1-2-9)17-5-3-16-4-6-17/h7-9,13,16,19H,1-6H2/t13-/m1/s1. The van der Waals surface area contributed by atoms with Gasteiger partial charge in [-0.25, -0.2) is 0 Å². The third-order valence-corrected chi connectivity index (χ3v) is 4.67. The summed E-state index contributed by atoms with van der Waals surface area (Å²) in [5.41, 5.74) is 0.459. The van der Waals surface area contributed by atoms with Crippen molar-refractivity contribution in [3.05, 3.63) is 32.3 Å². The van der Waals surface area contributed by atoms with Gasteiger partial charge in [-0.1, -0.05) is 15.9 Å². The zero-order valence-electron chi connectivity index (χ0n) is 11.6. The van der Waals surface area contributed by atoms with Gasteiger partial charge in [0.1, 0.15) is 0 Å². The quantitative estimate of drug-likeness (QED) is 0.640. The fourth-order valence-electron chi connectivity index (χ4n) is 3.09. The zero-order valence-corrected chi connectivity index (χ0v) is 13.2. The fraction of sp³-hybridized carbons (Fsp3) is 0.571. The lowest BCUT2D eigenvalue weighted by molar-refractivity contribution is -0.386. The largest absolute Gasteiger partial charge is 0.502 e. The van der Waals surface area contributed by atoms with Gasteiger partial charge in [0.05, 0.1) is 4.92 Å². The van der Waals surface area contributed by atoms with Crippen LogP contribution in [0.25, 0.3) is 0 Å². The number of nitrogens with zero attached hydrogens (tertiary/aromatic N) is 2. The van der Waals surface area contributed by atoms with Crippen LogP contribution in [0.1, 0.15) is 24.4 Å². The second-order valence-corrected chi connectivity index (χ2v) is 6.60. The molecule has 2 fully saturated rings. The van der Waals surface area contributed by atoms with Gasteiger partial charge < -0.3 is 10.4 Å². The van der Waals surface area contributed by atoms with E-state index in [9.17, 15) is 15.2 Å². The molecule has 0 bridgehead atoms. The number of nitro benzene ring substituents is 1. The number of nitrogens with one attached hydrogen (secondary N) is 1. The Morgan fingerprint density at radius 1 is 1.38 bits per heavy atom. The molecule has 0 spiro atoms. The topological polar surface area (TPSA) is 78.6 Å². The Bertz CT molecular complexity index is 557. The van der Waals surface area contributed by atoms with Crippen LogP contribution in [0, 0.1) is 16.0 Å². The Hall–Kier alpha value is -1.18. The summed E-state index contributed by atoms with van der Waals surface area (Å²) in [6, 6.07) is 3.26. The first-order valence-corrected chi connectivity index (χ1v) is 7.99. The molecule has 1 saturated carbocycles. The smallest absolute Gasteiger partial charge is 0.312 e. The van der Waals surface area contributed by atoms with Crippen molar-refractivity contribution in [2.45, 2.75) is 18.9 Å². The number of aromatic hydroxyl groups is 1. The number of halogens is 1. The van der Waals surface area contributed by atoms with E-state index in [2.05, 4.69) is 26.1 Å². The van der Waals surface area contributed by atoms with Crippen molar-refractivity contribution in [1.29, 1.82) is 0 Å². The van der Waals surface area contributed by atoms with Crippen LogP contribution in [0.3, 0.4) is 0 Å². The molecule has 6 nitrogen and oxygen atoms in total. The van der Waals surface area contributed by atoms with Gasteiger partial charge in [-0.2, -0.15) is 0 Å². The summed E-state index contributed by atoms with van der Waals surface area (Å²) in [6.07, 6.45) is 2.24. The molecule has 1 heterocycles. The molecule has 7 heteroatoms. The molecule has 2 aliphatic rings. The Labute approximate surface area is 131 Å². The number of nitro groups is 1. The predicted molar refractivity (Wildman–Crippen MR) is 82.4 cm³/mol. The highest BCUT2D eigenvalue weighted by Crippen LogP contribution is 2.49. The second-order valence-electron chi connectivity index (χ2n) is 5.69. The lowest BCUT2D eigenvalue weighted by Gasteiger charge is -2.35. The van der Waals surface area contributed by atoms with Crippen molar-refractivity contribution in [3.8, 4) is 5.75 Å². The predicted octanol–water partition coefficient (Wildman–Crippen LogP) is 2.42. The molecule has 0 amide bonds. The first-order valence-electron chi connectivity index (χ1n) is 7.19. The highest BCUT2D eigenvalue weighted by Gasteiger charge is 2.39. The van der Waals surface area contributed by atoms with Gasteiger partial charge in [-0.05, 0) is 24.8 Å². The summed E-state index contributed by atoms with van der Waals surface area (Å²) in [4.78, 5) is 12.9. The van der Waals surface area contributed by atoms with Crippen LogP contribution in [0.2, 0.25) is 0 Å². The summed E-state index contributed by atoms with van der Waals surface area (Å²) in [5, 5.41) is 24.8. The van der Waals surface area contributed by atoms with Crippen LogP contribution in [-0.4, -0.2) is 41.1 Å². The molecule has 21 heavy (non-hydrogen) atoms. The normalized spacial score (nSPS) is 21.2. The van der Waals surface area contributed by atoms with Gasteiger partial charge >= 0.3 is 5.69 Å². The lowest BCUT2D eigenvalue weighted by atomic mass is 9.98. The monoisotopic (exact) mass is 355 g/mol. The van der Waals surface area contributed by atoms with E-state index < -0.39 is 4.92 Å². The van der Waals surface area contributed by atoms with E-state index in [1.807, 2.05) is 6.07 Å². The Morgan fingerprint density at radius 3 is 2.62 bits per heavy atom. The van der Waals surface area contributed by atoms with E-state index in [-0.39, 0.29) is 17.5 Å². The van der Waals surface area contributed by atoms with Gasteiger partial charge in [0.2, 0.25) is 0 Å². The number of phenols is 1. The summed E-state index contributed by atoms with van der Waals surface area (Å²) < 4.78 is 0.641. The van der Waals surface area contributed by atoms with E-state index in [4.69, 9.17) is 0 Å². The number of piperazine rings is 1. The first kappa shape index (κ1) is 14.7. The molecule has 1 aliphatic carbocycles. The van der Waals surface area contributed by atoms with Crippen molar-refractivity contribution < 1.29 is 10.0 Å². The van der Waals surface area contributed by atoms with Crippen molar-refractivity contribution in [2.24, 2.45) is 5.92 Å². The number of hydrogen-bond acceptors (Lipinski definition) is 5. The number of phenolic OH excluding ortho intramolecular Hbond substituents is 1. The highest BCUT2D eigenvalue weighted by atomic mass is 79.9. The maximum absolute atomic E-state index is 11.1. The molecule has 1 aromatic carbocycles. The summed E-state index contributed by atoms with van der Waals surface area (Å²) in [5.74, 6) is 0.307. The Morgan fingerprint density at radius 2 is 2.05 bits per heavy atom. The minimum atomic E-state index is -0.523. The third kappa shape index (κ3) is 3.04. The van der Waals surface area contributed by atoms with Crippen LogP contribution in [0.15, 0.2) is 16.6 Å². The zero-order chi connectivity index (χ0) is 15.0. The lowest BCUT2D eigenvalue weighted by Crippen LogP contribution is -2.45. The van der Waals surface area contributed by atoms with Gasteiger partial charge in [-0.3, -0.25) is 15.0 Å². The Kier molecular flexibility index (Phi) is 4.14. The minimum Gasteiger partial charge on any atom is -0.502 e. The van der Waals surface area contributed by atoms with Gasteiger partial charge in [0, 0.05) is 48.3 Å². The van der Waals surface area contributed by atoms with E-state index in [1.54, 1.807) is 0 Å². The first-order chi connectivity index (χ1) is 10.1.